The van der Waals surface area contributed by atoms with Gasteiger partial charge in [0.15, 0.2) is 0 Å². The van der Waals surface area contributed by atoms with Crippen molar-refractivity contribution in [3.05, 3.63) is 33.2 Å². The second-order valence-electron chi connectivity index (χ2n) is 6.27. The Morgan fingerprint density at radius 3 is 2.74 bits per heavy atom. The molecule has 0 radical (unpaired) electrons. The average Bonchev–Trinajstić information content (AvgIpc) is 3.20. The lowest BCUT2D eigenvalue weighted by Crippen LogP contribution is -2.33. The molecule has 3 nitrogen and oxygen atoms in total. The van der Waals surface area contributed by atoms with Crippen LogP contribution < -0.4 is 10.9 Å². The number of nitrogens with one attached hydrogen (secondary N) is 1. The fourth-order valence-corrected chi connectivity index (χ4v) is 3.11. The molecule has 0 aliphatic heterocycles. The van der Waals surface area contributed by atoms with Gasteiger partial charge in [0.05, 0.1) is 0 Å². The van der Waals surface area contributed by atoms with Crippen molar-refractivity contribution in [2.75, 3.05) is 0 Å². The third-order valence-electron chi connectivity index (χ3n) is 4.29. The van der Waals surface area contributed by atoms with Gasteiger partial charge in [-0.3, -0.25) is 4.79 Å². The molecule has 1 saturated carbocycles. The fraction of sp³-hybridized carbons (Fsp3) is 0.688. The van der Waals surface area contributed by atoms with E-state index in [0.717, 1.165) is 24.9 Å². The Hall–Kier alpha value is -1.09. The molecule has 1 fully saturated rings. The highest BCUT2D eigenvalue weighted by Crippen LogP contribution is 2.24. The van der Waals surface area contributed by atoms with Gasteiger partial charge in [-0.25, -0.2) is 0 Å². The second-order valence-corrected chi connectivity index (χ2v) is 6.27. The molecule has 0 atom stereocenters. The number of fused-ring (bicyclic) bond motifs is 1. The number of aromatic nitrogens is 1. The molecule has 0 bridgehead atoms. The molecule has 1 N–H and O–H groups in total. The number of rotatable bonds is 4. The maximum absolute atomic E-state index is 12.6. The zero-order valence-electron chi connectivity index (χ0n) is 12.0. The van der Waals surface area contributed by atoms with E-state index in [-0.39, 0.29) is 11.6 Å². The quantitative estimate of drug-likeness (QED) is 0.902. The molecule has 3 rings (SSSR count). The lowest BCUT2D eigenvalue weighted by molar-refractivity contribution is 0.511. The first-order valence-corrected chi connectivity index (χ1v) is 7.66. The van der Waals surface area contributed by atoms with Crippen molar-refractivity contribution in [3.8, 4) is 0 Å². The molecule has 1 aromatic rings. The van der Waals surface area contributed by atoms with Gasteiger partial charge >= 0.3 is 0 Å². The first kappa shape index (κ1) is 12.9. The van der Waals surface area contributed by atoms with Crippen LogP contribution in [0.1, 0.15) is 62.4 Å². The van der Waals surface area contributed by atoms with Gasteiger partial charge < -0.3 is 9.88 Å². The van der Waals surface area contributed by atoms with Crippen LogP contribution in [-0.2, 0) is 19.4 Å². The van der Waals surface area contributed by atoms with Crippen molar-refractivity contribution in [2.24, 2.45) is 0 Å². The lowest BCUT2D eigenvalue weighted by Gasteiger charge is -2.24. The average molecular weight is 260 g/mol. The van der Waals surface area contributed by atoms with E-state index in [1.807, 2.05) is 4.57 Å². The molecule has 0 amide bonds. The summed E-state index contributed by atoms with van der Waals surface area (Å²) in [7, 11) is 0. The van der Waals surface area contributed by atoms with Crippen LogP contribution in [0, 0.1) is 0 Å². The van der Waals surface area contributed by atoms with E-state index >= 15 is 0 Å². The van der Waals surface area contributed by atoms with Crippen LogP contribution in [0.25, 0.3) is 0 Å². The Morgan fingerprint density at radius 2 is 2.05 bits per heavy atom. The summed E-state index contributed by atoms with van der Waals surface area (Å²) >= 11 is 0. The van der Waals surface area contributed by atoms with Crippen LogP contribution in [0.3, 0.4) is 0 Å². The van der Waals surface area contributed by atoms with Gasteiger partial charge in [0.2, 0.25) is 0 Å². The Morgan fingerprint density at radius 1 is 1.32 bits per heavy atom. The molecule has 104 valence electrons. The van der Waals surface area contributed by atoms with Gasteiger partial charge in [0, 0.05) is 29.9 Å². The summed E-state index contributed by atoms with van der Waals surface area (Å²) in [5.41, 5.74) is 3.89. The highest BCUT2D eigenvalue weighted by atomic mass is 16.1. The van der Waals surface area contributed by atoms with Crippen LogP contribution in [0.5, 0.6) is 0 Å². The Labute approximate surface area is 115 Å². The van der Waals surface area contributed by atoms with Crippen molar-refractivity contribution in [1.29, 1.82) is 0 Å². The molecule has 0 aromatic carbocycles. The molecular weight excluding hydrogens is 236 g/mol. The predicted molar refractivity (Wildman–Crippen MR) is 77.6 cm³/mol. The zero-order chi connectivity index (χ0) is 13.4. The number of pyridine rings is 1. The maximum Gasteiger partial charge on any atom is 0.255 e. The first-order chi connectivity index (χ1) is 9.16. The van der Waals surface area contributed by atoms with Gasteiger partial charge in [-0.05, 0) is 64.0 Å². The van der Waals surface area contributed by atoms with Crippen LogP contribution in [0.15, 0.2) is 10.9 Å². The predicted octanol–water partition coefficient (Wildman–Crippen LogP) is 2.56. The molecular formula is C16H24N2O. The van der Waals surface area contributed by atoms with Gasteiger partial charge in [-0.2, -0.15) is 0 Å². The zero-order valence-corrected chi connectivity index (χ0v) is 12.0. The summed E-state index contributed by atoms with van der Waals surface area (Å²) in [6, 6.07) is 3.09. The van der Waals surface area contributed by atoms with Crippen molar-refractivity contribution < 1.29 is 0 Å². The summed E-state index contributed by atoms with van der Waals surface area (Å²) in [4.78, 5) is 12.6. The monoisotopic (exact) mass is 260 g/mol. The SMILES string of the molecule is CC(C)n1c2c(cc(CNC3CC3)c1=O)CCCC2. The fourth-order valence-electron chi connectivity index (χ4n) is 3.11. The minimum atomic E-state index is 0.226. The normalized spacial score (nSPS) is 18.7. The van der Waals surface area contributed by atoms with Gasteiger partial charge in [-0.1, -0.05) is 0 Å². The minimum Gasteiger partial charge on any atom is -0.310 e. The summed E-state index contributed by atoms with van der Waals surface area (Å²) < 4.78 is 2.04. The van der Waals surface area contributed by atoms with E-state index in [9.17, 15) is 4.79 Å². The molecule has 0 unspecified atom stereocenters. The van der Waals surface area contributed by atoms with Crippen molar-refractivity contribution in [1.82, 2.24) is 9.88 Å². The highest BCUT2D eigenvalue weighted by molar-refractivity contribution is 5.29. The van der Waals surface area contributed by atoms with Crippen LogP contribution in [0.2, 0.25) is 0 Å². The molecule has 19 heavy (non-hydrogen) atoms. The first-order valence-electron chi connectivity index (χ1n) is 7.66. The van der Waals surface area contributed by atoms with Gasteiger partial charge in [0.25, 0.3) is 5.56 Å². The van der Waals surface area contributed by atoms with Crippen molar-refractivity contribution in [2.45, 2.75) is 71.0 Å². The van der Waals surface area contributed by atoms with E-state index < -0.39 is 0 Å². The number of aryl methyl sites for hydroxylation is 1. The molecule has 0 saturated heterocycles. The van der Waals surface area contributed by atoms with E-state index in [2.05, 4.69) is 25.2 Å². The number of hydrogen-bond donors (Lipinski definition) is 1. The summed E-state index contributed by atoms with van der Waals surface area (Å²) in [5.74, 6) is 0. The standard InChI is InChI=1S/C16H24N2O/c1-11(2)18-15-6-4-3-5-12(15)9-13(16(18)19)10-17-14-7-8-14/h9,11,14,17H,3-8,10H2,1-2H3. The Bertz CT molecular complexity index is 526. The highest BCUT2D eigenvalue weighted by Gasteiger charge is 2.23. The van der Waals surface area contributed by atoms with Crippen LogP contribution in [-0.4, -0.2) is 10.6 Å². The summed E-state index contributed by atoms with van der Waals surface area (Å²) in [6.07, 6.45) is 7.22. The third-order valence-corrected chi connectivity index (χ3v) is 4.29. The summed E-state index contributed by atoms with van der Waals surface area (Å²) in [6.45, 7) is 4.98. The van der Waals surface area contributed by atoms with Crippen LogP contribution in [0.4, 0.5) is 0 Å². The van der Waals surface area contributed by atoms with Crippen molar-refractivity contribution >= 4 is 0 Å². The molecule has 2 aliphatic rings. The van der Waals surface area contributed by atoms with E-state index in [0.29, 0.717) is 6.04 Å². The van der Waals surface area contributed by atoms with Crippen molar-refractivity contribution in [3.63, 3.8) is 0 Å². The smallest absolute Gasteiger partial charge is 0.255 e. The molecule has 0 spiro atoms. The molecule has 1 aromatic heterocycles. The van der Waals surface area contributed by atoms with E-state index in [1.54, 1.807) is 0 Å². The minimum absolute atomic E-state index is 0.226. The van der Waals surface area contributed by atoms with Gasteiger partial charge in [0.1, 0.15) is 0 Å². The maximum atomic E-state index is 12.6. The molecule has 3 heteroatoms. The second kappa shape index (κ2) is 5.12. The number of nitrogens with zero attached hydrogens (tertiary/aromatic N) is 1. The molecule has 2 aliphatic carbocycles. The topological polar surface area (TPSA) is 34.0 Å². The van der Waals surface area contributed by atoms with E-state index in [4.69, 9.17) is 0 Å². The summed E-state index contributed by atoms with van der Waals surface area (Å²) in [5, 5.41) is 3.47. The van der Waals surface area contributed by atoms with E-state index in [1.165, 1.54) is 36.9 Å². The Balaban J connectivity index is 1.99. The lowest BCUT2D eigenvalue weighted by atomic mass is 9.94. The largest absolute Gasteiger partial charge is 0.310 e. The third kappa shape index (κ3) is 2.62. The van der Waals surface area contributed by atoms with Gasteiger partial charge in [-0.15, -0.1) is 0 Å². The Kier molecular flexibility index (Phi) is 3.48. The van der Waals surface area contributed by atoms with Crippen LogP contribution >= 0.6 is 0 Å². The molecule has 1 heterocycles. The number of hydrogen-bond acceptors (Lipinski definition) is 2.